The van der Waals surface area contributed by atoms with Gasteiger partial charge in [0.1, 0.15) is 17.3 Å². The maximum atomic E-state index is 6.23. The van der Waals surface area contributed by atoms with Crippen molar-refractivity contribution in [3.8, 4) is 0 Å². The van der Waals surface area contributed by atoms with Gasteiger partial charge in [-0.15, -0.1) is 0 Å². The number of fused-ring (bicyclic) bond motifs is 1. The minimum Gasteiger partial charge on any atom is -0.353 e. The lowest BCUT2D eigenvalue weighted by atomic mass is 10.2. The summed E-state index contributed by atoms with van der Waals surface area (Å²) >= 11 is 6.23. The molecule has 0 bridgehead atoms. The Balaban J connectivity index is 2.14. The third kappa shape index (κ3) is 2.27. The Morgan fingerprint density at radius 2 is 2.21 bits per heavy atom. The van der Waals surface area contributed by atoms with Crippen molar-refractivity contribution in [2.24, 2.45) is 5.92 Å². The predicted molar refractivity (Wildman–Crippen MR) is 75.7 cm³/mol. The fourth-order valence-electron chi connectivity index (χ4n) is 2.34. The van der Waals surface area contributed by atoms with Gasteiger partial charge in [-0.05, 0) is 39.5 Å². The average Bonchev–Trinajstić information content (AvgIpc) is 3.06. The van der Waals surface area contributed by atoms with E-state index in [1.807, 2.05) is 6.92 Å². The number of hydrogen-bond acceptors (Lipinski definition) is 4. The molecule has 2 heterocycles. The van der Waals surface area contributed by atoms with Crippen LogP contribution in [0.3, 0.4) is 0 Å². The molecule has 5 nitrogen and oxygen atoms in total. The van der Waals surface area contributed by atoms with Crippen LogP contribution in [0.15, 0.2) is 6.33 Å². The summed E-state index contributed by atoms with van der Waals surface area (Å²) in [5.74, 6) is 2.38. The summed E-state index contributed by atoms with van der Waals surface area (Å²) in [5.41, 5.74) is 0.967. The second-order valence-electron chi connectivity index (χ2n) is 5.51. The highest BCUT2D eigenvalue weighted by atomic mass is 35.5. The molecular formula is C13H18ClN5. The summed E-state index contributed by atoms with van der Waals surface area (Å²) in [6.45, 7) is 7.43. The number of anilines is 1. The van der Waals surface area contributed by atoms with Gasteiger partial charge in [0.25, 0.3) is 5.78 Å². The lowest BCUT2D eigenvalue weighted by molar-refractivity contribution is 0.623. The molecule has 1 aliphatic carbocycles. The number of nitrogens with zero attached hydrogens (tertiary/aromatic N) is 5. The molecule has 3 rings (SSSR count). The molecule has 0 spiro atoms. The molecular weight excluding hydrogens is 262 g/mol. The molecule has 19 heavy (non-hydrogen) atoms. The Kier molecular flexibility index (Phi) is 3.09. The Morgan fingerprint density at radius 1 is 1.47 bits per heavy atom. The van der Waals surface area contributed by atoms with Crippen LogP contribution in [0.2, 0.25) is 5.15 Å². The summed E-state index contributed by atoms with van der Waals surface area (Å²) in [6, 6.07) is 0.394. The zero-order chi connectivity index (χ0) is 13.6. The lowest BCUT2D eigenvalue weighted by Gasteiger charge is -2.30. The third-order valence-electron chi connectivity index (χ3n) is 3.62. The van der Waals surface area contributed by atoms with E-state index in [9.17, 15) is 0 Å². The van der Waals surface area contributed by atoms with Crippen molar-refractivity contribution in [3.05, 3.63) is 17.0 Å². The van der Waals surface area contributed by atoms with Crippen LogP contribution in [0, 0.1) is 12.8 Å². The van der Waals surface area contributed by atoms with E-state index < -0.39 is 0 Å². The fraction of sp³-hybridized carbons (Fsp3) is 0.615. The SMILES string of the molecule is Cc1c(Cl)nc2ncnn2c1N(CC1CC1)C(C)C. The van der Waals surface area contributed by atoms with Gasteiger partial charge in [-0.3, -0.25) is 0 Å². The van der Waals surface area contributed by atoms with Crippen LogP contribution in [0.5, 0.6) is 0 Å². The van der Waals surface area contributed by atoms with Gasteiger partial charge in [0.05, 0.1) is 0 Å². The minimum atomic E-state index is 0.394. The predicted octanol–water partition coefficient (Wildman–Crippen LogP) is 2.71. The molecule has 0 radical (unpaired) electrons. The Labute approximate surface area is 117 Å². The van der Waals surface area contributed by atoms with Gasteiger partial charge in [0, 0.05) is 18.2 Å². The maximum Gasteiger partial charge on any atom is 0.255 e. The summed E-state index contributed by atoms with van der Waals surface area (Å²) in [7, 11) is 0. The number of hydrogen-bond donors (Lipinski definition) is 0. The van der Waals surface area contributed by atoms with Crippen molar-refractivity contribution in [2.75, 3.05) is 11.4 Å². The molecule has 0 saturated heterocycles. The number of halogens is 1. The van der Waals surface area contributed by atoms with Gasteiger partial charge >= 0.3 is 0 Å². The Hall–Kier alpha value is -1.36. The highest BCUT2D eigenvalue weighted by molar-refractivity contribution is 6.30. The molecule has 0 N–H and O–H groups in total. The summed E-state index contributed by atoms with van der Waals surface area (Å²) in [5, 5.41) is 4.81. The quantitative estimate of drug-likeness (QED) is 0.808. The minimum absolute atomic E-state index is 0.394. The number of aromatic nitrogens is 4. The molecule has 2 aromatic heterocycles. The van der Waals surface area contributed by atoms with Gasteiger partial charge in [-0.2, -0.15) is 19.6 Å². The van der Waals surface area contributed by atoms with Crippen molar-refractivity contribution < 1.29 is 0 Å². The van der Waals surface area contributed by atoms with Crippen LogP contribution in [0.1, 0.15) is 32.3 Å². The van der Waals surface area contributed by atoms with E-state index in [1.54, 1.807) is 4.52 Å². The average molecular weight is 280 g/mol. The van der Waals surface area contributed by atoms with Gasteiger partial charge < -0.3 is 4.90 Å². The largest absolute Gasteiger partial charge is 0.353 e. The van der Waals surface area contributed by atoms with E-state index in [4.69, 9.17) is 11.6 Å². The monoisotopic (exact) mass is 279 g/mol. The van der Waals surface area contributed by atoms with Gasteiger partial charge in [-0.1, -0.05) is 11.6 Å². The van der Waals surface area contributed by atoms with Crippen molar-refractivity contribution in [1.82, 2.24) is 19.6 Å². The fourth-order valence-corrected chi connectivity index (χ4v) is 2.50. The maximum absolute atomic E-state index is 6.23. The molecule has 6 heteroatoms. The van der Waals surface area contributed by atoms with Crippen molar-refractivity contribution >= 4 is 23.2 Å². The second kappa shape index (κ2) is 4.63. The van der Waals surface area contributed by atoms with Crippen LogP contribution in [-0.4, -0.2) is 32.2 Å². The first-order chi connectivity index (χ1) is 9.08. The van der Waals surface area contributed by atoms with Crippen LogP contribution in [-0.2, 0) is 0 Å². The van der Waals surface area contributed by atoms with Crippen LogP contribution >= 0.6 is 11.6 Å². The third-order valence-corrected chi connectivity index (χ3v) is 3.99. The van der Waals surface area contributed by atoms with E-state index in [0.717, 1.165) is 23.8 Å². The zero-order valence-electron chi connectivity index (χ0n) is 11.5. The Morgan fingerprint density at radius 3 is 2.84 bits per heavy atom. The molecule has 0 amide bonds. The van der Waals surface area contributed by atoms with Gasteiger partial charge in [0.2, 0.25) is 0 Å². The first-order valence-electron chi connectivity index (χ1n) is 6.70. The van der Waals surface area contributed by atoms with Crippen LogP contribution < -0.4 is 4.90 Å². The first-order valence-corrected chi connectivity index (χ1v) is 7.08. The van der Waals surface area contributed by atoms with E-state index >= 15 is 0 Å². The highest BCUT2D eigenvalue weighted by Crippen LogP contribution is 2.34. The molecule has 1 aliphatic rings. The summed E-state index contributed by atoms with van der Waals surface area (Å²) in [6.07, 6.45) is 4.17. The molecule has 0 aliphatic heterocycles. The normalized spacial score (nSPS) is 15.4. The van der Waals surface area contributed by atoms with Crippen molar-refractivity contribution in [2.45, 2.75) is 39.7 Å². The summed E-state index contributed by atoms with van der Waals surface area (Å²) < 4.78 is 1.80. The van der Waals surface area contributed by atoms with Crippen LogP contribution in [0.4, 0.5) is 5.82 Å². The van der Waals surface area contributed by atoms with E-state index in [0.29, 0.717) is 17.0 Å². The van der Waals surface area contributed by atoms with E-state index in [1.165, 1.54) is 19.2 Å². The van der Waals surface area contributed by atoms with Crippen molar-refractivity contribution in [3.63, 3.8) is 0 Å². The molecule has 0 aromatic carbocycles. The molecule has 102 valence electrons. The lowest BCUT2D eigenvalue weighted by Crippen LogP contribution is -2.35. The van der Waals surface area contributed by atoms with Gasteiger partial charge in [0.15, 0.2) is 0 Å². The molecule has 0 unspecified atom stereocenters. The van der Waals surface area contributed by atoms with Crippen LogP contribution in [0.25, 0.3) is 5.78 Å². The molecule has 1 saturated carbocycles. The molecule has 0 atom stereocenters. The smallest absolute Gasteiger partial charge is 0.255 e. The Bertz CT molecular complexity index is 602. The molecule has 1 fully saturated rings. The van der Waals surface area contributed by atoms with Crippen molar-refractivity contribution in [1.29, 1.82) is 0 Å². The second-order valence-corrected chi connectivity index (χ2v) is 5.87. The highest BCUT2D eigenvalue weighted by Gasteiger charge is 2.28. The zero-order valence-corrected chi connectivity index (χ0v) is 12.2. The summed E-state index contributed by atoms with van der Waals surface area (Å²) in [4.78, 5) is 10.8. The molecule has 2 aromatic rings. The topological polar surface area (TPSA) is 46.3 Å². The van der Waals surface area contributed by atoms with Gasteiger partial charge in [-0.25, -0.2) is 0 Å². The van der Waals surface area contributed by atoms with E-state index in [2.05, 4.69) is 33.8 Å². The first kappa shape index (κ1) is 12.7. The van der Waals surface area contributed by atoms with E-state index in [-0.39, 0.29) is 0 Å². The number of rotatable bonds is 4. The standard InChI is InChI=1S/C13H18ClN5/c1-8(2)18(6-10-4-5-10)12-9(3)11(14)17-13-15-7-16-19(12)13/h7-8,10H,4-6H2,1-3H3.